The molecule has 0 radical (unpaired) electrons. The number of carbonyl (C=O) groups is 1. The molecule has 150 valence electrons. The fourth-order valence-corrected chi connectivity index (χ4v) is 3.90. The molecule has 0 aliphatic carbocycles. The lowest BCUT2D eigenvalue weighted by atomic mass is 9.90. The van der Waals surface area contributed by atoms with Crippen molar-refractivity contribution in [2.45, 2.75) is 18.2 Å². The van der Waals surface area contributed by atoms with Crippen molar-refractivity contribution in [2.75, 3.05) is 7.05 Å². The quantitative estimate of drug-likeness (QED) is 0.601. The van der Waals surface area contributed by atoms with Crippen LogP contribution >= 0.6 is 0 Å². The molecule has 0 fully saturated rings. The van der Waals surface area contributed by atoms with Crippen molar-refractivity contribution in [3.05, 3.63) is 107 Å². The molecule has 0 heterocycles. The number of hydrogen-bond acceptors (Lipinski definition) is 3. The molecule has 0 unspecified atom stereocenters. The molecule has 6 heteroatoms. The summed E-state index contributed by atoms with van der Waals surface area (Å²) < 4.78 is 25.6. The minimum absolute atomic E-state index is 0.0692. The summed E-state index contributed by atoms with van der Waals surface area (Å²) in [7, 11) is -1.91. The van der Waals surface area contributed by atoms with Gasteiger partial charge in [-0.25, -0.2) is 13.1 Å². The third-order valence-corrected chi connectivity index (χ3v) is 6.02. The van der Waals surface area contributed by atoms with Crippen LogP contribution in [0.5, 0.6) is 0 Å². The predicted octanol–water partition coefficient (Wildman–Crippen LogP) is 3.18. The van der Waals surface area contributed by atoms with E-state index >= 15 is 0 Å². The molecule has 0 bridgehead atoms. The van der Waals surface area contributed by atoms with Crippen molar-refractivity contribution < 1.29 is 13.2 Å². The Morgan fingerprint density at radius 2 is 1.28 bits per heavy atom. The van der Waals surface area contributed by atoms with E-state index in [-0.39, 0.29) is 11.7 Å². The average molecular weight is 409 g/mol. The summed E-state index contributed by atoms with van der Waals surface area (Å²) in [5.41, 5.74) is 3.47. The van der Waals surface area contributed by atoms with Crippen LogP contribution in [-0.4, -0.2) is 21.4 Å². The third kappa shape index (κ3) is 5.76. The molecule has 0 spiro atoms. The standard InChI is InChI=1S/C23H24N2O3S/c1-24-29(27,28)17-19-14-12-18(13-15-19)16-25-23(26)22(20-8-4-2-5-9-20)21-10-6-3-7-11-21/h2-15,22,24H,16-17H2,1H3,(H,25,26). The molecule has 0 atom stereocenters. The summed E-state index contributed by atoms with van der Waals surface area (Å²) in [6, 6.07) is 26.6. The van der Waals surface area contributed by atoms with Crippen LogP contribution in [0.3, 0.4) is 0 Å². The summed E-state index contributed by atoms with van der Waals surface area (Å²) in [5, 5.41) is 3.01. The van der Waals surface area contributed by atoms with Crippen LogP contribution in [0.2, 0.25) is 0 Å². The van der Waals surface area contributed by atoms with Gasteiger partial charge >= 0.3 is 0 Å². The Kier molecular flexibility index (Phi) is 6.80. The fourth-order valence-electron chi connectivity index (χ4n) is 3.12. The van der Waals surface area contributed by atoms with Crippen molar-refractivity contribution >= 4 is 15.9 Å². The molecule has 0 aliphatic rings. The Bertz CT molecular complexity index is 995. The summed E-state index contributed by atoms with van der Waals surface area (Å²) in [4.78, 5) is 13.0. The lowest BCUT2D eigenvalue weighted by Crippen LogP contribution is -2.29. The summed E-state index contributed by atoms with van der Waals surface area (Å²) in [6.45, 7) is 0.369. The molecule has 0 aliphatic heterocycles. The van der Waals surface area contributed by atoms with Crippen molar-refractivity contribution in [2.24, 2.45) is 0 Å². The molecule has 0 saturated heterocycles. The third-order valence-electron chi connectivity index (χ3n) is 4.69. The predicted molar refractivity (Wildman–Crippen MR) is 115 cm³/mol. The van der Waals surface area contributed by atoms with Crippen LogP contribution in [-0.2, 0) is 27.1 Å². The number of carbonyl (C=O) groups excluding carboxylic acids is 1. The number of sulfonamides is 1. The molecule has 2 N–H and O–H groups in total. The molecule has 5 nitrogen and oxygen atoms in total. The van der Waals surface area contributed by atoms with E-state index in [0.29, 0.717) is 12.1 Å². The zero-order valence-electron chi connectivity index (χ0n) is 16.2. The van der Waals surface area contributed by atoms with Crippen LogP contribution in [0.1, 0.15) is 28.2 Å². The highest BCUT2D eigenvalue weighted by Crippen LogP contribution is 2.24. The molecule has 3 aromatic carbocycles. The van der Waals surface area contributed by atoms with Gasteiger partial charge < -0.3 is 5.32 Å². The van der Waals surface area contributed by atoms with Crippen molar-refractivity contribution in [3.8, 4) is 0 Å². The molecular formula is C23H24N2O3S. The lowest BCUT2D eigenvalue weighted by Gasteiger charge is -2.18. The first-order chi connectivity index (χ1) is 14.0. The topological polar surface area (TPSA) is 75.3 Å². The van der Waals surface area contributed by atoms with Gasteiger partial charge in [0, 0.05) is 6.54 Å². The van der Waals surface area contributed by atoms with E-state index in [1.165, 1.54) is 7.05 Å². The normalized spacial score (nSPS) is 11.4. The Morgan fingerprint density at radius 1 is 0.793 bits per heavy atom. The summed E-state index contributed by atoms with van der Waals surface area (Å²) in [5.74, 6) is -0.540. The zero-order chi connectivity index (χ0) is 20.7. The molecule has 3 aromatic rings. The fraction of sp³-hybridized carbons (Fsp3) is 0.174. The van der Waals surface area contributed by atoms with Gasteiger partial charge in [-0.2, -0.15) is 0 Å². The van der Waals surface area contributed by atoms with Crippen LogP contribution in [0, 0.1) is 0 Å². The second kappa shape index (κ2) is 9.49. The number of nitrogens with one attached hydrogen (secondary N) is 2. The minimum Gasteiger partial charge on any atom is -0.351 e. The van der Waals surface area contributed by atoms with Crippen LogP contribution in [0.15, 0.2) is 84.9 Å². The maximum atomic E-state index is 13.0. The molecular weight excluding hydrogens is 384 g/mol. The maximum absolute atomic E-state index is 13.0. The molecule has 0 saturated carbocycles. The first-order valence-corrected chi connectivity index (χ1v) is 11.0. The van der Waals surface area contributed by atoms with Gasteiger partial charge in [-0.05, 0) is 29.3 Å². The smallest absolute Gasteiger partial charge is 0.232 e. The van der Waals surface area contributed by atoms with Gasteiger partial charge in [0.05, 0.1) is 11.7 Å². The highest BCUT2D eigenvalue weighted by Gasteiger charge is 2.22. The van der Waals surface area contributed by atoms with E-state index in [9.17, 15) is 13.2 Å². The van der Waals surface area contributed by atoms with Gasteiger partial charge in [-0.3, -0.25) is 4.79 Å². The van der Waals surface area contributed by atoms with Crippen LogP contribution in [0.4, 0.5) is 0 Å². The molecule has 3 rings (SSSR count). The van der Waals surface area contributed by atoms with Gasteiger partial charge in [0.2, 0.25) is 15.9 Å². The minimum atomic E-state index is -3.30. The largest absolute Gasteiger partial charge is 0.351 e. The van der Waals surface area contributed by atoms with Crippen LogP contribution < -0.4 is 10.0 Å². The average Bonchev–Trinajstić information content (AvgIpc) is 2.75. The van der Waals surface area contributed by atoms with Gasteiger partial charge in [0.15, 0.2) is 0 Å². The summed E-state index contributed by atoms with van der Waals surface area (Å²) >= 11 is 0. The second-order valence-electron chi connectivity index (χ2n) is 6.75. The molecule has 0 aromatic heterocycles. The van der Waals surface area contributed by atoms with Crippen LogP contribution in [0.25, 0.3) is 0 Å². The number of rotatable bonds is 8. The number of amides is 1. The van der Waals surface area contributed by atoms with Crippen molar-refractivity contribution in [3.63, 3.8) is 0 Å². The SMILES string of the molecule is CNS(=O)(=O)Cc1ccc(CNC(=O)C(c2ccccc2)c2ccccc2)cc1. The zero-order valence-corrected chi connectivity index (χ0v) is 17.0. The number of hydrogen-bond donors (Lipinski definition) is 2. The van der Waals surface area contributed by atoms with E-state index in [2.05, 4.69) is 10.0 Å². The molecule has 29 heavy (non-hydrogen) atoms. The summed E-state index contributed by atoms with van der Waals surface area (Å²) in [6.07, 6.45) is 0. The lowest BCUT2D eigenvalue weighted by molar-refractivity contribution is -0.121. The maximum Gasteiger partial charge on any atom is 0.232 e. The van der Waals surface area contributed by atoms with Gasteiger partial charge in [0.25, 0.3) is 0 Å². The Balaban J connectivity index is 1.71. The first kappa shape index (κ1) is 20.8. The van der Waals surface area contributed by atoms with Crippen molar-refractivity contribution in [1.82, 2.24) is 10.0 Å². The Morgan fingerprint density at radius 3 is 1.76 bits per heavy atom. The van der Waals surface area contributed by atoms with E-state index in [1.54, 1.807) is 12.1 Å². The van der Waals surface area contributed by atoms with E-state index in [4.69, 9.17) is 0 Å². The second-order valence-corrected chi connectivity index (χ2v) is 8.68. The molecule has 1 amide bonds. The van der Waals surface area contributed by atoms with Gasteiger partial charge in [-0.15, -0.1) is 0 Å². The monoisotopic (exact) mass is 408 g/mol. The van der Waals surface area contributed by atoms with Gasteiger partial charge in [0.1, 0.15) is 0 Å². The van der Waals surface area contributed by atoms with E-state index < -0.39 is 15.9 Å². The highest BCUT2D eigenvalue weighted by molar-refractivity contribution is 7.88. The van der Waals surface area contributed by atoms with Crippen molar-refractivity contribution in [1.29, 1.82) is 0 Å². The van der Waals surface area contributed by atoms with E-state index in [0.717, 1.165) is 16.7 Å². The van der Waals surface area contributed by atoms with Gasteiger partial charge in [-0.1, -0.05) is 84.9 Å². The highest BCUT2D eigenvalue weighted by atomic mass is 32.2. The number of benzene rings is 3. The first-order valence-electron chi connectivity index (χ1n) is 9.35. The Labute approximate surface area is 171 Å². The van der Waals surface area contributed by atoms with E-state index in [1.807, 2.05) is 72.8 Å². The Hall–Kier alpha value is -2.96.